The van der Waals surface area contributed by atoms with Crippen LogP contribution in [0.5, 0.6) is 0 Å². The minimum absolute atomic E-state index is 0.00634. The fourth-order valence-corrected chi connectivity index (χ4v) is 1.58. The van der Waals surface area contributed by atoms with E-state index < -0.39 is 0 Å². The summed E-state index contributed by atoms with van der Waals surface area (Å²) in [4.78, 5) is 11.9. The second-order valence-electron chi connectivity index (χ2n) is 3.50. The minimum Gasteiger partial charge on any atom is -0.457 e. The van der Waals surface area contributed by atoms with Gasteiger partial charge in [-0.25, -0.2) is 0 Å². The summed E-state index contributed by atoms with van der Waals surface area (Å²) in [5.41, 5.74) is 2.56. The number of hydrogen-bond acceptors (Lipinski definition) is 3. The number of aromatic nitrogens is 2. The summed E-state index contributed by atoms with van der Waals surface area (Å²) in [6, 6.07) is 0. The predicted octanol–water partition coefficient (Wildman–Crippen LogP) is 1.45. The van der Waals surface area contributed by atoms with Crippen LogP contribution in [-0.4, -0.2) is 9.78 Å². The van der Waals surface area contributed by atoms with Crippen molar-refractivity contribution in [2.75, 3.05) is 0 Å². The summed E-state index contributed by atoms with van der Waals surface area (Å²) in [7, 11) is 1.75. The Kier molecular flexibility index (Phi) is 1.74. The van der Waals surface area contributed by atoms with Crippen LogP contribution in [0.1, 0.15) is 17.0 Å². The van der Waals surface area contributed by atoms with E-state index in [4.69, 9.17) is 4.42 Å². The normalized spacial score (nSPS) is 11.1. The van der Waals surface area contributed by atoms with Crippen molar-refractivity contribution in [3.8, 4) is 0 Å². The van der Waals surface area contributed by atoms with Gasteiger partial charge in [-0.15, -0.1) is 0 Å². The zero-order chi connectivity index (χ0) is 10.5. The summed E-state index contributed by atoms with van der Waals surface area (Å²) in [5.74, 6) is 0.665. The van der Waals surface area contributed by atoms with Crippen molar-refractivity contribution in [3.05, 3.63) is 27.2 Å². The van der Waals surface area contributed by atoms with Crippen LogP contribution < -0.4 is 5.43 Å². The zero-order valence-corrected chi connectivity index (χ0v) is 8.71. The van der Waals surface area contributed by atoms with Crippen molar-refractivity contribution in [2.24, 2.45) is 7.05 Å². The highest BCUT2D eigenvalue weighted by atomic mass is 16.3. The van der Waals surface area contributed by atoms with Gasteiger partial charge in [0, 0.05) is 12.6 Å². The molecule has 0 spiro atoms. The fourth-order valence-electron chi connectivity index (χ4n) is 1.58. The van der Waals surface area contributed by atoms with E-state index in [1.54, 1.807) is 25.6 Å². The molecular formula is C10H12N2O2. The molecule has 0 aromatic carbocycles. The second kappa shape index (κ2) is 2.70. The Balaban J connectivity index is 3.09. The van der Waals surface area contributed by atoms with Gasteiger partial charge in [0.2, 0.25) is 5.43 Å². The number of aryl methyl sites for hydroxylation is 3. The molecule has 0 unspecified atom stereocenters. The van der Waals surface area contributed by atoms with Crippen LogP contribution in [-0.2, 0) is 7.05 Å². The van der Waals surface area contributed by atoms with Crippen LogP contribution in [0.2, 0.25) is 0 Å². The molecule has 0 saturated carbocycles. The van der Waals surface area contributed by atoms with Crippen molar-refractivity contribution >= 4 is 11.1 Å². The molecule has 4 heteroatoms. The van der Waals surface area contributed by atoms with E-state index >= 15 is 0 Å². The molecule has 0 N–H and O–H groups in total. The third-order valence-electron chi connectivity index (χ3n) is 2.51. The Morgan fingerprint density at radius 2 is 1.93 bits per heavy atom. The Labute approximate surface area is 81.1 Å². The molecule has 2 heterocycles. The molecule has 0 aliphatic rings. The quantitative estimate of drug-likeness (QED) is 0.634. The van der Waals surface area contributed by atoms with E-state index in [0.29, 0.717) is 22.4 Å². The second-order valence-corrected chi connectivity index (χ2v) is 3.50. The lowest BCUT2D eigenvalue weighted by atomic mass is 10.2. The van der Waals surface area contributed by atoms with Crippen LogP contribution in [0.15, 0.2) is 9.21 Å². The summed E-state index contributed by atoms with van der Waals surface area (Å²) >= 11 is 0. The zero-order valence-electron chi connectivity index (χ0n) is 8.71. The first-order valence-corrected chi connectivity index (χ1v) is 4.46. The number of hydrogen-bond donors (Lipinski definition) is 0. The fraction of sp³-hybridized carbons (Fsp3) is 0.400. The molecule has 0 aliphatic heterocycles. The number of fused-ring (bicyclic) bond motifs is 1. The molecular weight excluding hydrogens is 180 g/mol. The summed E-state index contributed by atoms with van der Waals surface area (Å²) < 4.78 is 7.11. The number of rotatable bonds is 0. The molecule has 0 radical (unpaired) electrons. The lowest BCUT2D eigenvalue weighted by Gasteiger charge is -1.99. The lowest BCUT2D eigenvalue weighted by molar-refractivity contribution is 0.556. The summed E-state index contributed by atoms with van der Waals surface area (Å²) in [6.07, 6.45) is 0. The molecule has 74 valence electrons. The standard InChI is InChI=1S/C10H12N2O2/c1-5-7(3)14-10-6(2)11-12(4)8(10)9(5)13/h1-4H3. The van der Waals surface area contributed by atoms with E-state index in [9.17, 15) is 4.79 Å². The third-order valence-corrected chi connectivity index (χ3v) is 2.51. The van der Waals surface area contributed by atoms with Gasteiger partial charge in [0.1, 0.15) is 11.5 Å². The molecule has 2 aromatic rings. The summed E-state index contributed by atoms with van der Waals surface area (Å²) in [6.45, 7) is 5.39. The van der Waals surface area contributed by atoms with E-state index in [1.807, 2.05) is 6.92 Å². The average molecular weight is 192 g/mol. The topological polar surface area (TPSA) is 48.0 Å². The summed E-state index contributed by atoms with van der Waals surface area (Å²) in [5, 5.41) is 4.16. The molecule has 2 aromatic heterocycles. The maximum absolute atomic E-state index is 11.9. The molecule has 0 bridgehead atoms. The van der Waals surface area contributed by atoms with Crippen molar-refractivity contribution < 1.29 is 4.42 Å². The van der Waals surface area contributed by atoms with Gasteiger partial charge < -0.3 is 4.42 Å². The molecule has 0 saturated heterocycles. The highest BCUT2D eigenvalue weighted by Crippen LogP contribution is 2.16. The maximum Gasteiger partial charge on any atom is 0.213 e. The van der Waals surface area contributed by atoms with Crippen LogP contribution in [0.3, 0.4) is 0 Å². The monoisotopic (exact) mass is 192 g/mol. The van der Waals surface area contributed by atoms with Gasteiger partial charge in [0.25, 0.3) is 0 Å². The Bertz CT molecular complexity index is 563. The van der Waals surface area contributed by atoms with E-state index in [1.165, 1.54) is 0 Å². The molecule has 0 amide bonds. The van der Waals surface area contributed by atoms with Gasteiger partial charge in [-0.3, -0.25) is 9.48 Å². The van der Waals surface area contributed by atoms with Crippen LogP contribution in [0.25, 0.3) is 11.1 Å². The van der Waals surface area contributed by atoms with E-state index in [-0.39, 0.29) is 5.43 Å². The van der Waals surface area contributed by atoms with Gasteiger partial charge in [-0.2, -0.15) is 5.10 Å². The highest BCUT2D eigenvalue weighted by Gasteiger charge is 2.14. The Hall–Kier alpha value is -1.58. The van der Waals surface area contributed by atoms with Gasteiger partial charge >= 0.3 is 0 Å². The van der Waals surface area contributed by atoms with Crippen LogP contribution in [0.4, 0.5) is 0 Å². The smallest absolute Gasteiger partial charge is 0.213 e. The maximum atomic E-state index is 11.9. The average Bonchev–Trinajstić information content (AvgIpc) is 2.38. The molecule has 0 atom stereocenters. The highest BCUT2D eigenvalue weighted by molar-refractivity contribution is 5.75. The van der Waals surface area contributed by atoms with Crippen molar-refractivity contribution in [3.63, 3.8) is 0 Å². The van der Waals surface area contributed by atoms with Gasteiger partial charge in [0.15, 0.2) is 11.1 Å². The molecule has 0 fully saturated rings. The van der Waals surface area contributed by atoms with E-state index in [2.05, 4.69) is 5.10 Å². The van der Waals surface area contributed by atoms with Crippen LogP contribution >= 0.6 is 0 Å². The van der Waals surface area contributed by atoms with Gasteiger partial charge in [0.05, 0.1) is 0 Å². The Morgan fingerprint density at radius 1 is 1.29 bits per heavy atom. The van der Waals surface area contributed by atoms with Crippen molar-refractivity contribution in [1.29, 1.82) is 0 Å². The molecule has 4 nitrogen and oxygen atoms in total. The first-order chi connectivity index (χ1) is 6.52. The largest absolute Gasteiger partial charge is 0.457 e. The first kappa shape index (κ1) is 8.99. The molecule has 14 heavy (non-hydrogen) atoms. The van der Waals surface area contributed by atoms with Gasteiger partial charge in [-0.1, -0.05) is 0 Å². The SMILES string of the molecule is Cc1oc2c(C)nn(C)c2c(=O)c1C. The predicted molar refractivity (Wildman–Crippen MR) is 53.5 cm³/mol. The van der Waals surface area contributed by atoms with Gasteiger partial charge in [-0.05, 0) is 20.8 Å². The molecule has 0 aliphatic carbocycles. The van der Waals surface area contributed by atoms with Crippen molar-refractivity contribution in [2.45, 2.75) is 20.8 Å². The van der Waals surface area contributed by atoms with Crippen molar-refractivity contribution in [1.82, 2.24) is 9.78 Å². The lowest BCUT2D eigenvalue weighted by Crippen LogP contribution is -2.10. The minimum atomic E-state index is 0.00634. The van der Waals surface area contributed by atoms with E-state index in [0.717, 1.165) is 5.69 Å². The first-order valence-electron chi connectivity index (χ1n) is 4.46. The third kappa shape index (κ3) is 0.999. The Morgan fingerprint density at radius 3 is 2.57 bits per heavy atom. The number of nitrogens with zero attached hydrogens (tertiary/aromatic N) is 2. The molecule has 2 rings (SSSR count). The van der Waals surface area contributed by atoms with Crippen LogP contribution in [0, 0.1) is 20.8 Å².